The number of pyridine rings is 1. The number of nitrogens with two attached hydrogens (primary N) is 2. The van der Waals surface area contributed by atoms with Gasteiger partial charge in [0, 0.05) is 21.4 Å². The number of aromatic nitrogens is 1. The molecule has 1 unspecified atom stereocenters. The highest BCUT2D eigenvalue weighted by atomic mass is 127. The summed E-state index contributed by atoms with van der Waals surface area (Å²) < 4.78 is 0.882. The number of rotatable bonds is 3. The number of carboxylic acid groups (broad SMARTS) is 1. The average Bonchev–Trinajstić information content (AvgIpc) is 2.08. The van der Waals surface area contributed by atoms with Crippen LogP contribution in [0.2, 0.25) is 0 Å². The Hall–Kier alpha value is -0.890. The number of aliphatic carboxylic acids is 1. The van der Waals surface area contributed by atoms with E-state index in [1.54, 1.807) is 12.3 Å². The summed E-state index contributed by atoms with van der Waals surface area (Å²) in [5.41, 5.74) is 11.8. The zero-order chi connectivity index (χ0) is 10.7. The summed E-state index contributed by atoms with van der Waals surface area (Å²) in [7, 11) is 0. The summed E-state index contributed by atoms with van der Waals surface area (Å²) >= 11 is 2.07. The van der Waals surface area contributed by atoms with Gasteiger partial charge in [0.05, 0.1) is 6.42 Å². The van der Waals surface area contributed by atoms with E-state index < -0.39 is 12.0 Å². The Kier molecular flexibility index (Phi) is 3.64. The van der Waals surface area contributed by atoms with E-state index >= 15 is 0 Å². The first-order valence-corrected chi connectivity index (χ1v) is 4.97. The van der Waals surface area contributed by atoms with Gasteiger partial charge in [-0.3, -0.25) is 4.79 Å². The van der Waals surface area contributed by atoms with E-state index in [0.29, 0.717) is 11.4 Å². The molecule has 0 aliphatic heterocycles. The molecule has 1 heterocycles. The molecule has 1 atom stereocenters. The van der Waals surface area contributed by atoms with Crippen molar-refractivity contribution in [3.63, 3.8) is 0 Å². The lowest BCUT2D eigenvalue weighted by Gasteiger charge is -2.11. The highest BCUT2D eigenvalue weighted by molar-refractivity contribution is 14.1. The molecule has 5 nitrogen and oxygen atoms in total. The van der Waals surface area contributed by atoms with Gasteiger partial charge in [0.2, 0.25) is 0 Å². The first-order chi connectivity index (χ1) is 6.50. The van der Waals surface area contributed by atoms with Crippen LogP contribution >= 0.6 is 22.6 Å². The van der Waals surface area contributed by atoms with Crippen LogP contribution in [0.4, 0.5) is 5.82 Å². The van der Waals surface area contributed by atoms with Crippen LogP contribution in [-0.4, -0.2) is 16.1 Å². The monoisotopic (exact) mass is 307 g/mol. The number of hydrogen-bond acceptors (Lipinski definition) is 4. The van der Waals surface area contributed by atoms with E-state index in [-0.39, 0.29) is 6.42 Å². The van der Waals surface area contributed by atoms with Gasteiger partial charge in [-0.2, -0.15) is 0 Å². The van der Waals surface area contributed by atoms with Crippen molar-refractivity contribution in [2.75, 3.05) is 5.73 Å². The zero-order valence-corrected chi connectivity index (χ0v) is 9.43. The van der Waals surface area contributed by atoms with Gasteiger partial charge >= 0.3 is 5.97 Å². The minimum absolute atomic E-state index is 0.147. The predicted molar refractivity (Wildman–Crippen MR) is 60.5 cm³/mol. The molecule has 1 aromatic rings. The second-order valence-corrected chi connectivity index (χ2v) is 4.08. The Morgan fingerprint density at radius 1 is 1.71 bits per heavy atom. The van der Waals surface area contributed by atoms with Crippen LogP contribution < -0.4 is 11.5 Å². The highest BCUT2D eigenvalue weighted by Gasteiger charge is 2.14. The van der Waals surface area contributed by atoms with E-state index in [9.17, 15) is 4.79 Å². The lowest BCUT2D eigenvalue weighted by atomic mass is 10.1. The van der Waals surface area contributed by atoms with E-state index in [2.05, 4.69) is 27.6 Å². The molecule has 1 aromatic heterocycles. The number of carbonyl (C=O) groups is 1. The van der Waals surface area contributed by atoms with Gasteiger partial charge < -0.3 is 16.6 Å². The molecule has 0 radical (unpaired) electrons. The van der Waals surface area contributed by atoms with Gasteiger partial charge in [-0.1, -0.05) is 0 Å². The van der Waals surface area contributed by atoms with Crippen molar-refractivity contribution in [1.29, 1.82) is 0 Å². The van der Waals surface area contributed by atoms with Crippen LogP contribution in [0, 0.1) is 3.57 Å². The lowest BCUT2D eigenvalue weighted by molar-refractivity contribution is -0.137. The minimum Gasteiger partial charge on any atom is -0.481 e. The molecule has 0 aliphatic carbocycles. The molecule has 6 heteroatoms. The normalized spacial score (nSPS) is 12.4. The van der Waals surface area contributed by atoms with Gasteiger partial charge in [0.15, 0.2) is 0 Å². The number of carboxylic acids is 1. The Bertz CT molecular complexity index is 356. The molecule has 0 aromatic carbocycles. The molecule has 14 heavy (non-hydrogen) atoms. The average molecular weight is 307 g/mol. The number of anilines is 1. The predicted octanol–water partition coefficient (Wildman–Crippen LogP) is 0.743. The maximum absolute atomic E-state index is 10.4. The zero-order valence-electron chi connectivity index (χ0n) is 7.27. The van der Waals surface area contributed by atoms with Gasteiger partial charge in [-0.15, -0.1) is 0 Å². The molecule has 76 valence electrons. The molecule has 0 aliphatic rings. The highest BCUT2D eigenvalue weighted by Crippen LogP contribution is 2.21. The van der Waals surface area contributed by atoms with Crippen LogP contribution in [0.3, 0.4) is 0 Å². The number of halogens is 1. The SMILES string of the molecule is Nc1ncc(I)cc1C(N)CC(=O)O. The molecule has 0 amide bonds. The van der Waals surface area contributed by atoms with Crippen LogP contribution in [0.1, 0.15) is 18.0 Å². The fourth-order valence-corrected chi connectivity index (χ4v) is 1.54. The summed E-state index contributed by atoms with van der Waals surface area (Å²) in [5, 5.41) is 8.56. The molecule has 0 saturated carbocycles. The van der Waals surface area contributed by atoms with Gasteiger partial charge in [-0.25, -0.2) is 4.98 Å². The Labute approximate surface area is 94.6 Å². The molecule has 0 saturated heterocycles. The first-order valence-electron chi connectivity index (χ1n) is 3.89. The summed E-state index contributed by atoms with van der Waals surface area (Å²) in [6.07, 6.45) is 1.46. The minimum atomic E-state index is -0.948. The molecular formula is C8H10IN3O2. The summed E-state index contributed by atoms with van der Waals surface area (Å²) in [6.45, 7) is 0. The molecule has 0 spiro atoms. The lowest BCUT2D eigenvalue weighted by Crippen LogP contribution is -2.17. The maximum atomic E-state index is 10.4. The summed E-state index contributed by atoms with van der Waals surface area (Å²) in [5.74, 6) is -0.657. The summed E-state index contributed by atoms with van der Waals surface area (Å²) in [6, 6.07) is 1.14. The van der Waals surface area contributed by atoms with Gasteiger partial charge in [0.1, 0.15) is 5.82 Å². The molecule has 0 fully saturated rings. The second kappa shape index (κ2) is 4.56. The van der Waals surface area contributed by atoms with E-state index in [4.69, 9.17) is 16.6 Å². The molecular weight excluding hydrogens is 297 g/mol. The third kappa shape index (κ3) is 2.81. The topological polar surface area (TPSA) is 102 Å². The Morgan fingerprint density at radius 2 is 2.36 bits per heavy atom. The van der Waals surface area contributed by atoms with Gasteiger partial charge in [0.25, 0.3) is 0 Å². The van der Waals surface area contributed by atoms with Crippen molar-refractivity contribution < 1.29 is 9.90 Å². The smallest absolute Gasteiger partial charge is 0.305 e. The molecule has 0 bridgehead atoms. The van der Waals surface area contributed by atoms with Crippen molar-refractivity contribution >= 4 is 34.4 Å². The summed E-state index contributed by atoms with van der Waals surface area (Å²) in [4.78, 5) is 14.3. The Morgan fingerprint density at radius 3 is 2.93 bits per heavy atom. The standard InChI is InChI=1S/C8H10IN3O2/c9-4-1-5(8(11)12-3-4)6(10)2-7(13)14/h1,3,6H,2,10H2,(H2,11,12)(H,13,14). The fraction of sp³-hybridized carbons (Fsp3) is 0.250. The first kappa shape index (κ1) is 11.2. The Balaban J connectivity index is 2.93. The van der Waals surface area contributed by atoms with E-state index in [1.807, 2.05) is 0 Å². The van der Waals surface area contributed by atoms with E-state index in [0.717, 1.165) is 3.57 Å². The van der Waals surface area contributed by atoms with E-state index in [1.165, 1.54) is 0 Å². The molecule has 5 N–H and O–H groups in total. The van der Waals surface area contributed by atoms with Crippen molar-refractivity contribution in [3.8, 4) is 0 Å². The van der Waals surface area contributed by atoms with Crippen molar-refractivity contribution in [2.24, 2.45) is 5.73 Å². The third-order valence-electron chi connectivity index (χ3n) is 1.71. The largest absolute Gasteiger partial charge is 0.481 e. The van der Waals surface area contributed by atoms with Crippen molar-refractivity contribution in [2.45, 2.75) is 12.5 Å². The van der Waals surface area contributed by atoms with Crippen molar-refractivity contribution in [1.82, 2.24) is 4.98 Å². The van der Waals surface area contributed by atoms with Crippen molar-refractivity contribution in [3.05, 3.63) is 21.4 Å². The van der Waals surface area contributed by atoms with Crippen LogP contribution in [0.25, 0.3) is 0 Å². The number of nitrogen functional groups attached to an aromatic ring is 1. The maximum Gasteiger partial charge on any atom is 0.305 e. The van der Waals surface area contributed by atoms with Gasteiger partial charge in [-0.05, 0) is 28.7 Å². The fourth-order valence-electron chi connectivity index (χ4n) is 1.06. The van der Waals surface area contributed by atoms with Crippen LogP contribution in [0.15, 0.2) is 12.3 Å². The quantitative estimate of drug-likeness (QED) is 0.715. The molecule has 1 rings (SSSR count). The number of nitrogens with zero attached hydrogens (tertiary/aromatic N) is 1. The number of hydrogen-bond donors (Lipinski definition) is 3. The van der Waals surface area contributed by atoms with Crippen LogP contribution in [-0.2, 0) is 4.79 Å². The second-order valence-electron chi connectivity index (χ2n) is 2.83. The van der Waals surface area contributed by atoms with Crippen LogP contribution in [0.5, 0.6) is 0 Å². The third-order valence-corrected chi connectivity index (χ3v) is 2.30.